The molecule has 0 bridgehead atoms. The molecule has 1 N–H and O–H groups in total. The zero-order valence-corrected chi connectivity index (χ0v) is 18.8. The molecule has 0 spiro atoms. The number of sulfonamides is 1. The highest BCUT2D eigenvalue weighted by atomic mass is 32.2. The van der Waals surface area contributed by atoms with Crippen LogP contribution < -0.4 is 10.3 Å². The van der Waals surface area contributed by atoms with E-state index in [0.717, 1.165) is 12.0 Å². The van der Waals surface area contributed by atoms with Crippen molar-refractivity contribution < 1.29 is 26.0 Å². The lowest BCUT2D eigenvalue weighted by Gasteiger charge is -2.11. The van der Waals surface area contributed by atoms with Crippen molar-refractivity contribution in [1.29, 1.82) is 0 Å². The van der Waals surface area contributed by atoms with E-state index in [1.807, 2.05) is 13.0 Å². The lowest BCUT2D eigenvalue weighted by molar-refractivity contribution is -0.136. The number of anilines is 1. The smallest absolute Gasteiger partial charge is 0.417 e. The highest BCUT2D eigenvalue weighted by Gasteiger charge is 2.33. The minimum absolute atomic E-state index is 0.0674. The number of rotatable bonds is 6. The molecule has 176 valence electrons. The Morgan fingerprint density at radius 1 is 0.882 bits per heavy atom. The maximum Gasteiger partial charge on any atom is 0.417 e. The minimum Gasteiger partial charge on any atom is -0.423 e. The normalized spacial score (nSPS) is 12.1. The van der Waals surface area contributed by atoms with E-state index in [1.54, 1.807) is 36.4 Å². The van der Waals surface area contributed by atoms with Crippen molar-refractivity contribution in [2.45, 2.75) is 30.8 Å². The quantitative estimate of drug-likeness (QED) is 0.351. The van der Waals surface area contributed by atoms with Gasteiger partial charge in [0, 0.05) is 17.1 Å². The molecule has 1 heterocycles. The molecule has 1 aromatic heterocycles. The standard InChI is InChI=1S/C25H20F3NO4S/c1-2-16-4-3-5-19(13-16)29-34(31,32)20-9-6-17(7-10-20)12-18-8-11-23-21(14-18)22(25(26,27)28)15-24(30)33-23/h3-11,13-15,29H,2,12H2,1H3. The second-order valence-corrected chi connectivity index (χ2v) is 9.47. The van der Waals surface area contributed by atoms with Gasteiger partial charge in [-0.3, -0.25) is 4.72 Å². The number of halogens is 3. The first-order valence-electron chi connectivity index (χ1n) is 10.4. The number of nitrogens with one attached hydrogen (secondary N) is 1. The number of hydrogen-bond acceptors (Lipinski definition) is 4. The van der Waals surface area contributed by atoms with Crippen LogP contribution >= 0.6 is 0 Å². The summed E-state index contributed by atoms with van der Waals surface area (Å²) < 4.78 is 73.0. The molecule has 0 fully saturated rings. The number of fused-ring (bicyclic) bond motifs is 1. The zero-order valence-electron chi connectivity index (χ0n) is 18.0. The van der Waals surface area contributed by atoms with Gasteiger partial charge in [-0.05, 0) is 65.9 Å². The molecule has 5 nitrogen and oxygen atoms in total. The fourth-order valence-electron chi connectivity index (χ4n) is 3.65. The number of hydrogen-bond donors (Lipinski definition) is 1. The molecule has 9 heteroatoms. The van der Waals surface area contributed by atoms with E-state index in [-0.39, 0.29) is 22.3 Å². The Morgan fingerprint density at radius 2 is 1.59 bits per heavy atom. The average Bonchev–Trinajstić information content (AvgIpc) is 2.78. The third-order valence-electron chi connectivity index (χ3n) is 5.34. The predicted octanol–water partition coefficient (Wildman–Crippen LogP) is 5.77. The third kappa shape index (κ3) is 5.14. The van der Waals surface area contributed by atoms with E-state index in [1.165, 1.54) is 24.3 Å². The summed E-state index contributed by atoms with van der Waals surface area (Å²) >= 11 is 0. The van der Waals surface area contributed by atoms with Gasteiger partial charge in [0.05, 0.1) is 10.5 Å². The molecule has 4 aromatic rings. The summed E-state index contributed by atoms with van der Waals surface area (Å²) in [5.41, 5.74) is 0.447. The molecule has 3 aromatic carbocycles. The van der Waals surface area contributed by atoms with Crippen LogP contribution in [0.1, 0.15) is 29.2 Å². The summed E-state index contributed by atoms with van der Waals surface area (Å²) in [7, 11) is -3.80. The van der Waals surface area contributed by atoms with Crippen molar-refractivity contribution in [1.82, 2.24) is 0 Å². The van der Waals surface area contributed by atoms with Crippen molar-refractivity contribution in [2.24, 2.45) is 0 Å². The highest BCUT2D eigenvalue weighted by molar-refractivity contribution is 7.92. The second-order valence-electron chi connectivity index (χ2n) is 7.79. The molecule has 0 unspecified atom stereocenters. The van der Waals surface area contributed by atoms with Gasteiger partial charge in [0.1, 0.15) is 5.58 Å². The third-order valence-corrected chi connectivity index (χ3v) is 6.74. The van der Waals surface area contributed by atoms with E-state index < -0.39 is 27.4 Å². The van der Waals surface area contributed by atoms with Crippen LogP contribution in [0.2, 0.25) is 0 Å². The van der Waals surface area contributed by atoms with Crippen molar-refractivity contribution in [3.8, 4) is 0 Å². The van der Waals surface area contributed by atoms with Crippen molar-refractivity contribution in [3.05, 3.63) is 105 Å². The van der Waals surface area contributed by atoms with Gasteiger partial charge in [0.25, 0.3) is 10.0 Å². The summed E-state index contributed by atoms with van der Waals surface area (Å²) in [6, 6.07) is 17.9. The van der Waals surface area contributed by atoms with Crippen LogP contribution in [0.4, 0.5) is 18.9 Å². The Labute approximate surface area is 193 Å². The first kappa shape index (κ1) is 23.6. The van der Waals surface area contributed by atoms with Crippen LogP contribution in [0.25, 0.3) is 11.0 Å². The fourth-order valence-corrected chi connectivity index (χ4v) is 4.70. The van der Waals surface area contributed by atoms with Crippen LogP contribution in [-0.4, -0.2) is 8.42 Å². The largest absolute Gasteiger partial charge is 0.423 e. The molecule has 0 amide bonds. The summed E-state index contributed by atoms with van der Waals surface area (Å²) in [6.07, 6.45) is -3.67. The topological polar surface area (TPSA) is 76.4 Å². The summed E-state index contributed by atoms with van der Waals surface area (Å²) in [5.74, 6) is 0. The molecule has 0 saturated heterocycles. The molecule has 4 rings (SSSR count). The predicted molar refractivity (Wildman–Crippen MR) is 123 cm³/mol. The lowest BCUT2D eigenvalue weighted by Crippen LogP contribution is -2.13. The van der Waals surface area contributed by atoms with E-state index in [0.29, 0.717) is 22.9 Å². The van der Waals surface area contributed by atoms with Crippen LogP contribution in [0.3, 0.4) is 0 Å². The molecule has 0 aliphatic rings. The van der Waals surface area contributed by atoms with Crippen molar-refractivity contribution in [3.63, 3.8) is 0 Å². The zero-order chi connectivity index (χ0) is 24.5. The van der Waals surface area contributed by atoms with Gasteiger partial charge >= 0.3 is 11.8 Å². The lowest BCUT2D eigenvalue weighted by atomic mass is 10.0. The van der Waals surface area contributed by atoms with Crippen LogP contribution in [0.15, 0.2) is 86.9 Å². The first-order chi connectivity index (χ1) is 16.0. The van der Waals surface area contributed by atoms with E-state index in [2.05, 4.69) is 4.72 Å². The minimum atomic E-state index is -4.70. The average molecular weight is 487 g/mol. The van der Waals surface area contributed by atoms with E-state index >= 15 is 0 Å². The van der Waals surface area contributed by atoms with Gasteiger partial charge in [-0.1, -0.05) is 37.3 Å². The molecule has 0 aliphatic carbocycles. The Hall–Kier alpha value is -3.59. The number of alkyl halides is 3. The molecule has 0 saturated carbocycles. The second kappa shape index (κ2) is 8.98. The van der Waals surface area contributed by atoms with Crippen molar-refractivity contribution in [2.75, 3.05) is 4.72 Å². The van der Waals surface area contributed by atoms with Gasteiger partial charge in [-0.15, -0.1) is 0 Å². The Balaban J connectivity index is 1.58. The van der Waals surface area contributed by atoms with E-state index in [4.69, 9.17) is 4.42 Å². The van der Waals surface area contributed by atoms with Gasteiger partial charge in [0.15, 0.2) is 0 Å². The first-order valence-corrected chi connectivity index (χ1v) is 11.9. The van der Waals surface area contributed by atoms with E-state index in [9.17, 15) is 26.4 Å². The van der Waals surface area contributed by atoms with Crippen molar-refractivity contribution >= 4 is 26.7 Å². The van der Waals surface area contributed by atoms with Crippen LogP contribution in [0.5, 0.6) is 0 Å². The molecular weight excluding hydrogens is 467 g/mol. The summed E-state index contributed by atoms with van der Waals surface area (Å²) in [6.45, 7) is 1.97. The summed E-state index contributed by atoms with van der Waals surface area (Å²) in [4.78, 5) is 11.5. The van der Waals surface area contributed by atoms with Crippen LogP contribution in [0, 0.1) is 0 Å². The molecule has 0 atom stereocenters. The SMILES string of the molecule is CCc1cccc(NS(=O)(=O)c2ccc(Cc3ccc4oc(=O)cc(C(F)(F)F)c4c3)cc2)c1. The monoisotopic (exact) mass is 487 g/mol. The molecule has 0 aliphatic heterocycles. The maximum atomic E-state index is 13.4. The fraction of sp³-hybridized carbons (Fsp3) is 0.160. The highest BCUT2D eigenvalue weighted by Crippen LogP contribution is 2.34. The number of benzene rings is 3. The van der Waals surface area contributed by atoms with Gasteiger partial charge in [-0.25, -0.2) is 13.2 Å². The Morgan fingerprint density at radius 3 is 2.26 bits per heavy atom. The maximum absolute atomic E-state index is 13.4. The molecule has 34 heavy (non-hydrogen) atoms. The van der Waals surface area contributed by atoms with Gasteiger partial charge in [0.2, 0.25) is 0 Å². The Bertz CT molecular complexity index is 1510. The number of aryl methyl sites for hydroxylation is 1. The molecular formula is C25H20F3NO4S. The van der Waals surface area contributed by atoms with Crippen LogP contribution in [-0.2, 0) is 29.0 Å². The van der Waals surface area contributed by atoms with Gasteiger partial charge < -0.3 is 4.42 Å². The van der Waals surface area contributed by atoms with Gasteiger partial charge in [-0.2, -0.15) is 13.2 Å². The molecule has 0 radical (unpaired) electrons. The Kier molecular flexibility index (Phi) is 6.22. The summed E-state index contributed by atoms with van der Waals surface area (Å²) in [5, 5.41) is -0.206.